The number of hydrogen-bond donors (Lipinski definition) is 2. The third-order valence-corrected chi connectivity index (χ3v) is 3.06. The third kappa shape index (κ3) is 6.61. The van der Waals surface area contributed by atoms with Gasteiger partial charge < -0.3 is 15.5 Å². The Morgan fingerprint density at radius 1 is 1.18 bits per heavy atom. The molecule has 0 atom stereocenters. The van der Waals surface area contributed by atoms with Crippen molar-refractivity contribution >= 4 is 5.91 Å². The predicted molar refractivity (Wildman–Crippen MR) is 70.1 cm³/mol. The highest BCUT2D eigenvalue weighted by Crippen LogP contribution is 1.97. The van der Waals surface area contributed by atoms with Gasteiger partial charge in [-0.2, -0.15) is 0 Å². The Kier molecular flexibility index (Phi) is 7.16. The van der Waals surface area contributed by atoms with E-state index >= 15 is 0 Å². The summed E-state index contributed by atoms with van der Waals surface area (Å²) in [5, 5.41) is 6.04. The average molecular weight is 242 g/mol. The SMILES string of the molecule is CCCNC(=O)CNCCN1CCN(C)CC1. The average Bonchev–Trinajstić information content (AvgIpc) is 2.34. The van der Waals surface area contributed by atoms with Crippen LogP contribution < -0.4 is 10.6 Å². The molecule has 1 aliphatic rings. The Bertz CT molecular complexity index is 215. The molecular formula is C12H26N4O. The van der Waals surface area contributed by atoms with Crippen LogP contribution >= 0.6 is 0 Å². The van der Waals surface area contributed by atoms with Gasteiger partial charge in [0.1, 0.15) is 0 Å². The van der Waals surface area contributed by atoms with E-state index < -0.39 is 0 Å². The molecule has 1 fully saturated rings. The summed E-state index contributed by atoms with van der Waals surface area (Å²) in [7, 11) is 2.16. The van der Waals surface area contributed by atoms with Gasteiger partial charge in [0.05, 0.1) is 6.54 Å². The molecule has 1 heterocycles. The second kappa shape index (κ2) is 8.44. The molecular weight excluding hydrogens is 216 g/mol. The summed E-state index contributed by atoms with van der Waals surface area (Å²) in [5.41, 5.74) is 0. The van der Waals surface area contributed by atoms with Crippen LogP contribution in [0.25, 0.3) is 0 Å². The molecule has 1 aliphatic heterocycles. The Balaban J connectivity index is 1.95. The van der Waals surface area contributed by atoms with E-state index in [2.05, 4.69) is 34.4 Å². The van der Waals surface area contributed by atoms with Gasteiger partial charge in [-0.3, -0.25) is 9.69 Å². The number of carbonyl (C=O) groups is 1. The normalized spacial score (nSPS) is 18.2. The summed E-state index contributed by atoms with van der Waals surface area (Å²) in [4.78, 5) is 16.1. The number of nitrogens with one attached hydrogen (secondary N) is 2. The monoisotopic (exact) mass is 242 g/mol. The lowest BCUT2D eigenvalue weighted by atomic mass is 10.3. The molecule has 0 unspecified atom stereocenters. The number of piperazine rings is 1. The van der Waals surface area contributed by atoms with Crippen LogP contribution in [0, 0.1) is 0 Å². The molecule has 0 aromatic heterocycles. The predicted octanol–water partition coefficient (Wildman–Crippen LogP) is -0.650. The molecule has 17 heavy (non-hydrogen) atoms. The maximum Gasteiger partial charge on any atom is 0.233 e. The molecule has 0 spiro atoms. The van der Waals surface area contributed by atoms with Crippen LogP contribution in [0.2, 0.25) is 0 Å². The number of nitrogens with zero attached hydrogens (tertiary/aromatic N) is 2. The minimum Gasteiger partial charge on any atom is -0.355 e. The maximum atomic E-state index is 11.3. The fourth-order valence-electron chi connectivity index (χ4n) is 1.84. The van der Waals surface area contributed by atoms with E-state index in [-0.39, 0.29) is 5.91 Å². The summed E-state index contributed by atoms with van der Waals surface area (Å²) in [5.74, 6) is 0.102. The van der Waals surface area contributed by atoms with E-state index in [0.717, 1.165) is 52.2 Å². The first-order valence-electron chi connectivity index (χ1n) is 6.60. The van der Waals surface area contributed by atoms with Gasteiger partial charge in [-0.15, -0.1) is 0 Å². The fraction of sp³-hybridized carbons (Fsp3) is 0.917. The van der Waals surface area contributed by atoms with Gasteiger partial charge in [-0.05, 0) is 13.5 Å². The molecule has 0 aromatic carbocycles. The lowest BCUT2D eigenvalue weighted by Gasteiger charge is -2.32. The van der Waals surface area contributed by atoms with Crippen LogP contribution in [-0.4, -0.2) is 75.1 Å². The first-order chi connectivity index (χ1) is 8.22. The lowest BCUT2D eigenvalue weighted by Crippen LogP contribution is -2.47. The first-order valence-corrected chi connectivity index (χ1v) is 6.60. The molecule has 100 valence electrons. The molecule has 0 radical (unpaired) electrons. The van der Waals surface area contributed by atoms with E-state index in [1.54, 1.807) is 0 Å². The van der Waals surface area contributed by atoms with Gasteiger partial charge in [0, 0.05) is 45.8 Å². The van der Waals surface area contributed by atoms with E-state index in [0.29, 0.717) is 6.54 Å². The van der Waals surface area contributed by atoms with E-state index in [4.69, 9.17) is 0 Å². The van der Waals surface area contributed by atoms with Crippen molar-refractivity contribution in [2.75, 3.05) is 59.4 Å². The highest BCUT2D eigenvalue weighted by molar-refractivity contribution is 5.77. The van der Waals surface area contributed by atoms with E-state index in [9.17, 15) is 4.79 Å². The molecule has 0 aromatic rings. The minimum absolute atomic E-state index is 0.102. The van der Waals surface area contributed by atoms with E-state index in [1.165, 1.54) is 0 Å². The van der Waals surface area contributed by atoms with Crippen molar-refractivity contribution in [1.82, 2.24) is 20.4 Å². The standard InChI is InChI=1S/C12H26N4O/c1-3-4-14-12(17)11-13-5-6-16-9-7-15(2)8-10-16/h13H,3-11H2,1-2H3,(H,14,17). The summed E-state index contributed by atoms with van der Waals surface area (Å²) in [6.07, 6.45) is 0.993. The lowest BCUT2D eigenvalue weighted by molar-refractivity contribution is -0.120. The van der Waals surface area contributed by atoms with Crippen molar-refractivity contribution in [2.24, 2.45) is 0 Å². The van der Waals surface area contributed by atoms with Crippen molar-refractivity contribution in [3.8, 4) is 0 Å². The largest absolute Gasteiger partial charge is 0.355 e. The van der Waals surface area contributed by atoms with Crippen molar-refractivity contribution in [3.63, 3.8) is 0 Å². The van der Waals surface area contributed by atoms with Crippen LogP contribution in [0.5, 0.6) is 0 Å². The van der Waals surface area contributed by atoms with Gasteiger partial charge in [0.25, 0.3) is 0 Å². The van der Waals surface area contributed by atoms with Gasteiger partial charge in [0.15, 0.2) is 0 Å². The molecule has 1 saturated heterocycles. The number of amides is 1. The van der Waals surface area contributed by atoms with Crippen molar-refractivity contribution in [3.05, 3.63) is 0 Å². The van der Waals surface area contributed by atoms with Gasteiger partial charge >= 0.3 is 0 Å². The Morgan fingerprint density at radius 3 is 2.53 bits per heavy atom. The number of hydrogen-bond acceptors (Lipinski definition) is 4. The number of likely N-dealkylation sites (N-methyl/N-ethyl adjacent to an activating group) is 1. The Hall–Kier alpha value is -0.650. The van der Waals surface area contributed by atoms with Gasteiger partial charge in [-0.1, -0.05) is 6.92 Å². The molecule has 5 heteroatoms. The summed E-state index contributed by atoms with van der Waals surface area (Å²) in [6.45, 7) is 9.78. The molecule has 5 nitrogen and oxygen atoms in total. The number of rotatable bonds is 7. The summed E-state index contributed by atoms with van der Waals surface area (Å²) >= 11 is 0. The van der Waals surface area contributed by atoms with Crippen molar-refractivity contribution in [2.45, 2.75) is 13.3 Å². The van der Waals surface area contributed by atoms with Gasteiger partial charge in [0.2, 0.25) is 5.91 Å². The molecule has 1 amide bonds. The molecule has 0 aliphatic carbocycles. The molecule has 1 rings (SSSR count). The first kappa shape index (κ1) is 14.4. The van der Waals surface area contributed by atoms with Crippen LogP contribution in [0.15, 0.2) is 0 Å². The topological polar surface area (TPSA) is 47.6 Å². The zero-order chi connectivity index (χ0) is 12.5. The third-order valence-electron chi connectivity index (χ3n) is 3.06. The second-order valence-electron chi connectivity index (χ2n) is 4.67. The van der Waals surface area contributed by atoms with Crippen LogP contribution in [0.4, 0.5) is 0 Å². The fourth-order valence-corrected chi connectivity index (χ4v) is 1.84. The summed E-state index contributed by atoms with van der Waals surface area (Å²) < 4.78 is 0. The summed E-state index contributed by atoms with van der Waals surface area (Å²) in [6, 6.07) is 0. The van der Waals surface area contributed by atoms with Crippen LogP contribution in [-0.2, 0) is 4.79 Å². The van der Waals surface area contributed by atoms with E-state index in [1.807, 2.05) is 0 Å². The molecule has 0 bridgehead atoms. The maximum absolute atomic E-state index is 11.3. The molecule has 0 saturated carbocycles. The van der Waals surface area contributed by atoms with Gasteiger partial charge in [-0.25, -0.2) is 0 Å². The highest BCUT2D eigenvalue weighted by atomic mass is 16.1. The molecule has 2 N–H and O–H groups in total. The van der Waals surface area contributed by atoms with Crippen LogP contribution in [0.1, 0.15) is 13.3 Å². The highest BCUT2D eigenvalue weighted by Gasteiger charge is 2.12. The number of carbonyl (C=O) groups excluding carboxylic acids is 1. The van der Waals surface area contributed by atoms with Crippen LogP contribution in [0.3, 0.4) is 0 Å². The minimum atomic E-state index is 0.102. The Labute approximate surface area is 105 Å². The zero-order valence-corrected chi connectivity index (χ0v) is 11.2. The zero-order valence-electron chi connectivity index (χ0n) is 11.2. The van der Waals surface area contributed by atoms with Crippen molar-refractivity contribution in [1.29, 1.82) is 0 Å². The Morgan fingerprint density at radius 2 is 1.88 bits per heavy atom. The second-order valence-corrected chi connectivity index (χ2v) is 4.67. The smallest absolute Gasteiger partial charge is 0.233 e. The quantitative estimate of drug-likeness (QED) is 0.583. The van der Waals surface area contributed by atoms with Crippen molar-refractivity contribution < 1.29 is 4.79 Å².